The second-order valence-electron chi connectivity index (χ2n) is 3.88. The maximum Gasteiger partial charge on any atom is 0.102 e. The molecule has 0 aliphatic heterocycles. The molecule has 1 heterocycles. The molecule has 2 aromatic rings. The summed E-state index contributed by atoms with van der Waals surface area (Å²) in [5, 5.41) is 22.9. The molecule has 0 bridgehead atoms. The molecule has 0 aliphatic carbocycles. The smallest absolute Gasteiger partial charge is 0.102 e. The minimum atomic E-state index is 0.629. The minimum absolute atomic E-state index is 0.629. The number of thiophene rings is 1. The molecule has 88 valence electrons. The predicted molar refractivity (Wildman–Crippen MR) is 72.3 cm³/mol. The van der Waals surface area contributed by atoms with E-state index in [4.69, 9.17) is 10.5 Å². The Balaban J connectivity index is 2.14. The predicted octanol–water partition coefficient (Wildman–Crippen LogP) is 3.41. The Kier molecular flexibility index (Phi) is 3.62. The fourth-order valence-corrected chi connectivity index (χ4v) is 2.43. The first-order valence-corrected chi connectivity index (χ1v) is 6.33. The third-order valence-electron chi connectivity index (χ3n) is 2.62. The first-order chi connectivity index (χ1) is 8.74. The Morgan fingerprint density at radius 1 is 1.28 bits per heavy atom. The molecule has 0 saturated heterocycles. The average molecular weight is 253 g/mol. The van der Waals surface area contributed by atoms with Crippen molar-refractivity contribution in [1.29, 1.82) is 10.5 Å². The van der Waals surface area contributed by atoms with E-state index in [1.165, 1.54) is 0 Å². The number of nitrogens with zero attached hydrogens (tertiary/aromatic N) is 2. The van der Waals surface area contributed by atoms with Gasteiger partial charge in [0.05, 0.1) is 16.8 Å². The molecule has 0 atom stereocenters. The van der Waals surface area contributed by atoms with E-state index in [2.05, 4.69) is 17.5 Å². The zero-order chi connectivity index (χ0) is 13.0. The highest BCUT2D eigenvalue weighted by Gasteiger charge is 2.05. The van der Waals surface area contributed by atoms with E-state index >= 15 is 0 Å². The van der Waals surface area contributed by atoms with E-state index in [0.29, 0.717) is 17.7 Å². The number of nitrogens with one attached hydrogen (secondary N) is 1. The second kappa shape index (κ2) is 5.35. The summed E-state index contributed by atoms with van der Waals surface area (Å²) in [5.74, 6) is 0. The SMILES string of the molecule is Cc1cccc(NCc2cc(C#N)cs2)c1C#N. The van der Waals surface area contributed by atoms with Crippen LogP contribution in [0.1, 0.15) is 21.6 Å². The first-order valence-electron chi connectivity index (χ1n) is 5.45. The van der Waals surface area contributed by atoms with Gasteiger partial charge in [0.1, 0.15) is 12.1 Å². The summed E-state index contributed by atoms with van der Waals surface area (Å²) in [5.41, 5.74) is 3.16. The lowest BCUT2D eigenvalue weighted by molar-refractivity contribution is 1.18. The van der Waals surface area contributed by atoms with Gasteiger partial charge >= 0.3 is 0 Å². The topological polar surface area (TPSA) is 59.6 Å². The van der Waals surface area contributed by atoms with Crippen LogP contribution >= 0.6 is 11.3 Å². The molecule has 4 heteroatoms. The van der Waals surface area contributed by atoms with Gasteiger partial charge in [-0.05, 0) is 24.6 Å². The van der Waals surface area contributed by atoms with E-state index in [-0.39, 0.29) is 0 Å². The van der Waals surface area contributed by atoms with E-state index < -0.39 is 0 Å². The molecule has 0 radical (unpaired) electrons. The molecule has 2 rings (SSSR count). The van der Waals surface area contributed by atoms with Crippen LogP contribution in [0.2, 0.25) is 0 Å². The van der Waals surface area contributed by atoms with Crippen molar-refractivity contribution in [3.63, 3.8) is 0 Å². The number of anilines is 1. The Hall–Kier alpha value is -2.30. The van der Waals surface area contributed by atoms with Crippen molar-refractivity contribution in [2.45, 2.75) is 13.5 Å². The summed E-state index contributed by atoms with van der Waals surface area (Å²) >= 11 is 1.54. The van der Waals surface area contributed by atoms with Gasteiger partial charge in [0.15, 0.2) is 0 Å². The minimum Gasteiger partial charge on any atom is -0.379 e. The van der Waals surface area contributed by atoms with Gasteiger partial charge in [-0.25, -0.2) is 0 Å². The number of aryl methyl sites for hydroxylation is 1. The monoisotopic (exact) mass is 253 g/mol. The fraction of sp³-hybridized carbons (Fsp3) is 0.143. The average Bonchev–Trinajstić information content (AvgIpc) is 2.84. The number of hydrogen-bond donors (Lipinski definition) is 1. The van der Waals surface area contributed by atoms with E-state index in [1.54, 1.807) is 11.3 Å². The molecule has 1 N–H and O–H groups in total. The van der Waals surface area contributed by atoms with Crippen LogP contribution in [0.25, 0.3) is 0 Å². The van der Waals surface area contributed by atoms with Gasteiger partial charge in [-0.2, -0.15) is 10.5 Å². The molecule has 1 aromatic carbocycles. The quantitative estimate of drug-likeness (QED) is 0.911. The molecule has 0 aliphatic rings. The van der Waals surface area contributed by atoms with Gasteiger partial charge < -0.3 is 5.32 Å². The van der Waals surface area contributed by atoms with E-state index in [0.717, 1.165) is 16.1 Å². The summed E-state index contributed by atoms with van der Waals surface area (Å²) in [6, 6.07) is 11.9. The number of rotatable bonds is 3. The van der Waals surface area contributed by atoms with Crippen molar-refractivity contribution >= 4 is 17.0 Å². The third-order valence-corrected chi connectivity index (χ3v) is 3.56. The lowest BCUT2D eigenvalue weighted by Gasteiger charge is -2.08. The largest absolute Gasteiger partial charge is 0.379 e. The molecule has 0 saturated carbocycles. The van der Waals surface area contributed by atoms with Crippen LogP contribution in [0, 0.1) is 29.6 Å². The Morgan fingerprint density at radius 3 is 2.78 bits per heavy atom. The van der Waals surface area contributed by atoms with Crippen molar-refractivity contribution in [3.8, 4) is 12.1 Å². The van der Waals surface area contributed by atoms with E-state index in [1.807, 2.05) is 36.6 Å². The zero-order valence-corrected chi connectivity index (χ0v) is 10.7. The van der Waals surface area contributed by atoms with Crippen molar-refractivity contribution < 1.29 is 0 Å². The summed E-state index contributed by atoms with van der Waals surface area (Å²) < 4.78 is 0. The second-order valence-corrected chi connectivity index (χ2v) is 4.87. The molecule has 3 nitrogen and oxygen atoms in total. The third kappa shape index (κ3) is 2.51. The molecule has 0 spiro atoms. The molecular weight excluding hydrogens is 242 g/mol. The highest BCUT2D eigenvalue weighted by Crippen LogP contribution is 2.21. The molecular formula is C14H11N3S. The summed E-state index contributed by atoms with van der Waals surface area (Å²) in [7, 11) is 0. The first kappa shape index (κ1) is 12.2. The Morgan fingerprint density at radius 2 is 2.11 bits per heavy atom. The summed E-state index contributed by atoms with van der Waals surface area (Å²) in [6.07, 6.45) is 0. The lowest BCUT2D eigenvalue weighted by atomic mass is 10.1. The zero-order valence-electron chi connectivity index (χ0n) is 9.90. The van der Waals surface area contributed by atoms with Gasteiger partial charge in [0.2, 0.25) is 0 Å². The fourth-order valence-electron chi connectivity index (χ4n) is 1.68. The van der Waals surface area contributed by atoms with Crippen LogP contribution in [-0.2, 0) is 6.54 Å². The van der Waals surface area contributed by atoms with Crippen molar-refractivity contribution in [2.24, 2.45) is 0 Å². The number of nitriles is 2. The summed E-state index contributed by atoms with van der Waals surface area (Å²) in [6.45, 7) is 2.55. The van der Waals surface area contributed by atoms with Crippen molar-refractivity contribution in [3.05, 3.63) is 51.2 Å². The number of benzene rings is 1. The highest BCUT2D eigenvalue weighted by molar-refractivity contribution is 7.10. The van der Waals surface area contributed by atoms with Crippen LogP contribution < -0.4 is 5.32 Å². The maximum atomic E-state index is 9.11. The van der Waals surface area contributed by atoms with Crippen LogP contribution in [0.5, 0.6) is 0 Å². The standard InChI is InChI=1S/C14H11N3S/c1-10-3-2-4-14(13(10)7-16)17-8-12-5-11(6-15)9-18-12/h2-5,9,17H,8H2,1H3. The van der Waals surface area contributed by atoms with Crippen LogP contribution in [0.4, 0.5) is 5.69 Å². The molecule has 18 heavy (non-hydrogen) atoms. The van der Waals surface area contributed by atoms with Gasteiger partial charge in [0, 0.05) is 16.8 Å². The van der Waals surface area contributed by atoms with Gasteiger partial charge in [-0.15, -0.1) is 11.3 Å². The van der Waals surface area contributed by atoms with Crippen molar-refractivity contribution in [2.75, 3.05) is 5.32 Å². The maximum absolute atomic E-state index is 9.11. The normalized spacial score (nSPS) is 9.50. The molecule has 0 amide bonds. The van der Waals surface area contributed by atoms with Gasteiger partial charge in [-0.3, -0.25) is 0 Å². The molecule has 1 aromatic heterocycles. The van der Waals surface area contributed by atoms with Crippen LogP contribution in [0.3, 0.4) is 0 Å². The van der Waals surface area contributed by atoms with Crippen LogP contribution in [-0.4, -0.2) is 0 Å². The highest BCUT2D eigenvalue weighted by atomic mass is 32.1. The van der Waals surface area contributed by atoms with Gasteiger partial charge in [-0.1, -0.05) is 12.1 Å². The van der Waals surface area contributed by atoms with Crippen LogP contribution in [0.15, 0.2) is 29.6 Å². The lowest BCUT2D eigenvalue weighted by Crippen LogP contribution is -2.00. The number of hydrogen-bond acceptors (Lipinski definition) is 4. The molecule has 0 unspecified atom stereocenters. The van der Waals surface area contributed by atoms with Crippen molar-refractivity contribution in [1.82, 2.24) is 0 Å². The Labute approximate surface area is 110 Å². The van der Waals surface area contributed by atoms with Gasteiger partial charge in [0.25, 0.3) is 0 Å². The van der Waals surface area contributed by atoms with E-state index in [9.17, 15) is 0 Å². The Bertz CT molecular complexity index is 644. The molecule has 0 fully saturated rings. The summed E-state index contributed by atoms with van der Waals surface area (Å²) in [4.78, 5) is 1.08.